The number of nitrogens with one attached hydrogen (secondary N) is 1. The summed E-state index contributed by atoms with van der Waals surface area (Å²) in [5, 5.41) is 15.3. The van der Waals surface area contributed by atoms with Crippen molar-refractivity contribution in [2.45, 2.75) is 128 Å². The molecule has 0 aromatic carbocycles. The summed E-state index contributed by atoms with van der Waals surface area (Å²) in [4.78, 5) is 24.6. The van der Waals surface area contributed by atoms with Crippen LogP contribution < -0.4 is 5.32 Å². The van der Waals surface area contributed by atoms with Crippen LogP contribution in [0.4, 0.5) is 0 Å². The van der Waals surface area contributed by atoms with E-state index in [1.54, 1.807) is 0 Å². The third-order valence-corrected chi connectivity index (χ3v) is 5.88. The Morgan fingerprint density at radius 1 is 0.793 bits per heavy atom. The van der Waals surface area contributed by atoms with Crippen molar-refractivity contribution in [1.29, 1.82) is 0 Å². The van der Waals surface area contributed by atoms with Gasteiger partial charge >= 0.3 is 11.9 Å². The summed E-state index contributed by atoms with van der Waals surface area (Å²) < 4.78 is 11.3. The summed E-state index contributed by atoms with van der Waals surface area (Å²) in [5.74, 6) is -0.748. The maximum absolute atomic E-state index is 12.3. The first kappa shape index (κ1) is 24.1. The van der Waals surface area contributed by atoms with Crippen molar-refractivity contribution in [3.8, 4) is 0 Å². The lowest BCUT2D eigenvalue weighted by atomic mass is 9.80. The van der Waals surface area contributed by atoms with Crippen molar-refractivity contribution in [2.24, 2.45) is 0 Å². The predicted molar refractivity (Wildman–Crippen MR) is 111 cm³/mol. The first-order valence-corrected chi connectivity index (χ1v) is 10.7. The van der Waals surface area contributed by atoms with E-state index in [9.17, 15) is 14.8 Å². The molecule has 0 aromatic rings. The van der Waals surface area contributed by atoms with Crippen LogP contribution in [0.15, 0.2) is 0 Å². The van der Waals surface area contributed by atoms with E-state index < -0.39 is 17.0 Å². The van der Waals surface area contributed by atoms with Crippen molar-refractivity contribution in [3.05, 3.63) is 0 Å². The summed E-state index contributed by atoms with van der Waals surface area (Å²) >= 11 is 0. The molecule has 29 heavy (non-hydrogen) atoms. The highest BCUT2D eigenvalue weighted by molar-refractivity contribution is 5.77. The van der Waals surface area contributed by atoms with Crippen LogP contribution in [-0.4, -0.2) is 56.6 Å². The number of hydroxylamine groups is 2. The molecule has 0 radical (unpaired) electrons. The van der Waals surface area contributed by atoms with E-state index in [-0.39, 0.29) is 42.1 Å². The van der Waals surface area contributed by atoms with Gasteiger partial charge in [-0.1, -0.05) is 0 Å². The molecule has 0 aliphatic carbocycles. The Bertz CT molecular complexity index is 593. The molecule has 2 aliphatic rings. The molecule has 2 saturated heterocycles. The predicted octanol–water partition coefficient (Wildman–Crippen LogP) is 3.57. The number of rotatable bonds is 5. The van der Waals surface area contributed by atoms with Gasteiger partial charge in [-0.15, -0.1) is 0 Å². The number of ether oxygens (including phenoxy) is 2. The lowest BCUT2D eigenvalue weighted by Gasteiger charge is -2.50. The Morgan fingerprint density at radius 2 is 1.14 bits per heavy atom. The van der Waals surface area contributed by atoms with E-state index in [1.165, 1.54) is 5.06 Å². The number of nitrogens with zero attached hydrogens (tertiary/aromatic N) is 1. The first-order chi connectivity index (χ1) is 13.0. The Kier molecular flexibility index (Phi) is 6.78. The number of hydrogen-bond acceptors (Lipinski definition) is 7. The molecule has 0 atom stereocenters. The van der Waals surface area contributed by atoms with E-state index in [2.05, 4.69) is 33.0 Å². The average molecular weight is 413 g/mol. The zero-order chi connectivity index (χ0) is 22.3. The second-order valence-electron chi connectivity index (χ2n) is 11.4. The smallest absolute Gasteiger partial charge is 0.306 e. The second-order valence-corrected chi connectivity index (χ2v) is 11.4. The third-order valence-electron chi connectivity index (χ3n) is 5.88. The number of esters is 2. The molecule has 2 aliphatic heterocycles. The minimum absolute atomic E-state index is 0.0107. The zero-order valence-corrected chi connectivity index (χ0v) is 19.4. The molecule has 0 amide bonds. The summed E-state index contributed by atoms with van der Waals surface area (Å²) in [5.41, 5.74) is -1.18. The van der Waals surface area contributed by atoms with Crippen LogP contribution >= 0.6 is 0 Å². The molecule has 7 nitrogen and oxygen atoms in total. The van der Waals surface area contributed by atoms with E-state index >= 15 is 0 Å². The van der Waals surface area contributed by atoms with Gasteiger partial charge in [0.2, 0.25) is 0 Å². The molecule has 0 unspecified atom stereocenters. The summed E-state index contributed by atoms with van der Waals surface area (Å²) in [6.45, 7) is 16.1. The minimum Gasteiger partial charge on any atom is -0.462 e. The lowest BCUT2D eigenvalue weighted by Crippen LogP contribution is -2.60. The van der Waals surface area contributed by atoms with Gasteiger partial charge in [-0.2, -0.15) is 5.06 Å². The van der Waals surface area contributed by atoms with Gasteiger partial charge in [0.05, 0.1) is 12.8 Å². The van der Waals surface area contributed by atoms with Crippen molar-refractivity contribution >= 4 is 11.9 Å². The average Bonchev–Trinajstić information content (AvgIpc) is 2.46. The molecule has 2 rings (SSSR count). The molecule has 7 heteroatoms. The minimum atomic E-state index is -0.486. The Labute approximate surface area is 175 Å². The molecule has 168 valence electrons. The molecule has 0 bridgehead atoms. The van der Waals surface area contributed by atoms with E-state index in [0.29, 0.717) is 12.8 Å². The number of carbonyl (C=O) groups excluding carboxylic acids is 2. The second kappa shape index (κ2) is 8.16. The topological polar surface area (TPSA) is 88.1 Å². The summed E-state index contributed by atoms with van der Waals surface area (Å²) in [6.07, 6.45) is 2.18. The molecule has 2 heterocycles. The van der Waals surface area contributed by atoms with Gasteiger partial charge in [0.15, 0.2) is 0 Å². The van der Waals surface area contributed by atoms with Gasteiger partial charge in [-0.25, -0.2) is 0 Å². The van der Waals surface area contributed by atoms with Gasteiger partial charge in [-0.05, 0) is 55.4 Å². The Hall–Kier alpha value is -1.18. The van der Waals surface area contributed by atoms with E-state index in [1.807, 2.05) is 27.7 Å². The fourth-order valence-electron chi connectivity index (χ4n) is 5.27. The SMILES string of the molecule is CC1(C)CC(OC(=O)CCC(=O)OC2CC(C)(C)N(O)C(C)(C)C2)CC(C)(C)N1. The van der Waals surface area contributed by atoms with Crippen molar-refractivity contribution in [3.63, 3.8) is 0 Å². The van der Waals surface area contributed by atoms with Crippen molar-refractivity contribution in [2.75, 3.05) is 0 Å². The van der Waals surface area contributed by atoms with Crippen LogP contribution in [0.1, 0.15) is 93.9 Å². The first-order valence-electron chi connectivity index (χ1n) is 10.7. The number of piperidine rings is 2. The molecule has 0 aromatic heterocycles. The molecule has 0 saturated carbocycles. The van der Waals surface area contributed by atoms with Crippen molar-refractivity contribution in [1.82, 2.24) is 10.4 Å². The van der Waals surface area contributed by atoms with Crippen LogP contribution in [0.3, 0.4) is 0 Å². The van der Waals surface area contributed by atoms with Crippen LogP contribution in [0.25, 0.3) is 0 Å². The molecule has 2 fully saturated rings. The monoisotopic (exact) mass is 412 g/mol. The van der Waals surface area contributed by atoms with Gasteiger partial charge < -0.3 is 20.0 Å². The van der Waals surface area contributed by atoms with Gasteiger partial charge in [0.25, 0.3) is 0 Å². The van der Waals surface area contributed by atoms with Crippen molar-refractivity contribution < 1.29 is 24.3 Å². The highest BCUT2D eigenvalue weighted by atomic mass is 16.6. The zero-order valence-electron chi connectivity index (χ0n) is 19.4. The molecule has 0 spiro atoms. The Morgan fingerprint density at radius 3 is 1.52 bits per heavy atom. The standard InChI is InChI=1S/C22H40N2O5/c1-19(2)11-15(12-20(3,4)23-19)28-17(25)9-10-18(26)29-16-13-21(5,6)24(27)22(7,8)14-16/h15-16,23,27H,9-14H2,1-8H3. The highest BCUT2D eigenvalue weighted by Crippen LogP contribution is 2.38. The van der Waals surface area contributed by atoms with Gasteiger partial charge in [-0.3, -0.25) is 9.59 Å². The number of hydrogen-bond donors (Lipinski definition) is 2. The molecule has 2 N–H and O–H groups in total. The number of carbonyl (C=O) groups is 2. The van der Waals surface area contributed by atoms with Crippen LogP contribution in [0.2, 0.25) is 0 Å². The lowest BCUT2D eigenvalue weighted by molar-refractivity contribution is -0.259. The summed E-state index contributed by atoms with van der Waals surface area (Å²) in [7, 11) is 0. The van der Waals surface area contributed by atoms with Gasteiger partial charge in [0.1, 0.15) is 12.2 Å². The quantitative estimate of drug-likeness (QED) is 0.667. The third kappa shape index (κ3) is 6.66. The van der Waals surface area contributed by atoms with E-state index in [0.717, 1.165) is 12.8 Å². The normalized spacial score (nSPS) is 26.7. The molecular weight excluding hydrogens is 372 g/mol. The Balaban J connectivity index is 1.81. The highest BCUT2D eigenvalue weighted by Gasteiger charge is 2.46. The summed E-state index contributed by atoms with van der Waals surface area (Å²) in [6, 6.07) is 0. The van der Waals surface area contributed by atoms with Crippen LogP contribution in [0.5, 0.6) is 0 Å². The van der Waals surface area contributed by atoms with Gasteiger partial charge in [0, 0.05) is 47.8 Å². The maximum atomic E-state index is 12.3. The maximum Gasteiger partial charge on any atom is 0.306 e. The fourth-order valence-corrected chi connectivity index (χ4v) is 5.27. The van der Waals surface area contributed by atoms with Crippen LogP contribution in [0, 0.1) is 0 Å². The van der Waals surface area contributed by atoms with Crippen LogP contribution in [-0.2, 0) is 19.1 Å². The van der Waals surface area contributed by atoms with E-state index in [4.69, 9.17) is 9.47 Å². The largest absolute Gasteiger partial charge is 0.462 e. The fraction of sp³-hybridized carbons (Fsp3) is 0.909. The molecular formula is C22H40N2O5.